The Morgan fingerprint density at radius 3 is 2.75 bits per heavy atom. The first-order valence-corrected chi connectivity index (χ1v) is 9.59. The molecule has 1 amide bonds. The van der Waals surface area contributed by atoms with Crippen molar-refractivity contribution in [1.82, 2.24) is 14.5 Å². The number of piperidine rings is 1. The minimum absolute atomic E-state index is 0.221. The first kappa shape index (κ1) is 17.1. The summed E-state index contributed by atoms with van der Waals surface area (Å²) in [6.07, 6.45) is 7.18. The zero-order valence-electron chi connectivity index (χ0n) is 14.6. The van der Waals surface area contributed by atoms with Crippen LogP contribution >= 0.6 is 11.8 Å². The van der Waals surface area contributed by atoms with E-state index in [1.807, 2.05) is 16.8 Å². The van der Waals surface area contributed by atoms with Crippen LogP contribution in [-0.4, -0.2) is 38.2 Å². The van der Waals surface area contributed by atoms with E-state index in [4.69, 9.17) is 0 Å². The average Bonchev–Trinajstić information content (AvgIpc) is 3.01. The Labute approximate surface area is 148 Å². The number of likely N-dealkylation sites (tertiary alicyclic amines) is 1. The fourth-order valence-electron chi connectivity index (χ4n) is 3.48. The van der Waals surface area contributed by atoms with Gasteiger partial charge >= 0.3 is 0 Å². The van der Waals surface area contributed by atoms with Crippen molar-refractivity contribution in [1.29, 1.82) is 0 Å². The molecule has 1 aromatic carbocycles. The van der Waals surface area contributed by atoms with Gasteiger partial charge in [-0.3, -0.25) is 9.36 Å². The zero-order chi connectivity index (χ0) is 17.1. The molecule has 24 heavy (non-hydrogen) atoms. The molecule has 128 valence electrons. The van der Waals surface area contributed by atoms with Crippen LogP contribution < -0.4 is 0 Å². The number of imidazole rings is 1. The summed E-state index contributed by atoms with van der Waals surface area (Å²) in [5.41, 5.74) is 2.30. The van der Waals surface area contributed by atoms with Crippen LogP contribution in [0.15, 0.2) is 41.8 Å². The van der Waals surface area contributed by atoms with Gasteiger partial charge in [0, 0.05) is 30.2 Å². The lowest BCUT2D eigenvalue weighted by atomic mass is 9.98. The smallest absolute Gasteiger partial charge is 0.233 e. The Bertz CT molecular complexity index is 702. The van der Waals surface area contributed by atoms with E-state index in [0.717, 1.165) is 23.7 Å². The molecule has 0 saturated carbocycles. The van der Waals surface area contributed by atoms with Crippen molar-refractivity contribution < 1.29 is 4.79 Å². The van der Waals surface area contributed by atoms with E-state index >= 15 is 0 Å². The number of hydrogen-bond donors (Lipinski definition) is 0. The van der Waals surface area contributed by atoms with Gasteiger partial charge in [-0.25, -0.2) is 4.98 Å². The van der Waals surface area contributed by atoms with E-state index < -0.39 is 0 Å². The van der Waals surface area contributed by atoms with Crippen molar-refractivity contribution >= 4 is 17.7 Å². The summed E-state index contributed by atoms with van der Waals surface area (Å²) in [6, 6.07) is 9.01. The normalized spacial score (nSPS) is 21.0. The highest BCUT2D eigenvalue weighted by Gasteiger charge is 2.28. The van der Waals surface area contributed by atoms with E-state index in [2.05, 4.69) is 48.9 Å². The van der Waals surface area contributed by atoms with Gasteiger partial charge in [0.1, 0.15) is 0 Å². The molecular formula is C19H25N3OS. The lowest BCUT2D eigenvalue weighted by molar-refractivity contribution is -0.134. The molecule has 0 radical (unpaired) electrons. The van der Waals surface area contributed by atoms with Crippen LogP contribution in [0.3, 0.4) is 0 Å². The summed E-state index contributed by atoms with van der Waals surface area (Å²) in [7, 11) is 0. The molecule has 2 atom stereocenters. The van der Waals surface area contributed by atoms with Gasteiger partial charge in [-0.2, -0.15) is 0 Å². The fourth-order valence-corrected chi connectivity index (χ4v) is 4.33. The molecule has 5 heteroatoms. The summed E-state index contributed by atoms with van der Waals surface area (Å²) < 4.78 is 2.05. The van der Waals surface area contributed by atoms with Gasteiger partial charge < -0.3 is 4.90 Å². The van der Waals surface area contributed by atoms with Gasteiger partial charge in [0.15, 0.2) is 5.16 Å². The molecule has 1 aliphatic rings. The third kappa shape index (κ3) is 3.66. The molecule has 3 rings (SSSR count). The third-order valence-corrected chi connectivity index (χ3v) is 5.64. The van der Waals surface area contributed by atoms with Crippen LogP contribution in [0.4, 0.5) is 0 Å². The molecular weight excluding hydrogens is 318 g/mol. The summed E-state index contributed by atoms with van der Waals surface area (Å²) in [5, 5.41) is 0.867. The molecule has 1 aromatic heterocycles. The second-order valence-corrected chi connectivity index (χ2v) is 7.58. The number of thioether (sulfide) groups is 1. The molecule has 2 unspecified atom stereocenters. The number of benzene rings is 1. The predicted octanol–water partition coefficient (Wildman–Crippen LogP) is 4.06. The second kappa shape index (κ2) is 7.43. The molecule has 0 spiro atoms. The molecule has 2 heterocycles. The lowest BCUT2D eigenvalue weighted by Crippen LogP contribution is -2.48. The molecule has 0 bridgehead atoms. The Morgan fingerprint density at radius 1 is 1.29 bits per heavy atom. The number of carbonyl (C=O) groups excluding carboxylic acids is 1. The SMILES string of the molecule is Cc1cccc(-n2ccnc2SCC(=O)N2C(C)CCCC2C)c1. The maximum absolute atomic E-state index is 12.7. The summed E-state index contributed by atoms with van der Waals surface area (Å²) in [4.78, 5) is 19.2. The van der Waals surface area contributed by atoms with E-state index in [1.54, 1.807) is 6.20 Å². The molecule has 4 nitrogen and oxygen atoms in total. The number of hydrogen-bond acceptors (Lipinski definition) is 3. The topological polar surface area (TPSA) is 38.1 Å². The van der Waals surface area contributed by atoms with Crippen molar-refractivity contribution in [2.24, 2.45) is 0 Å². The highest BCUT2D eigenvalue weighted by molar-refractivity contribution is 7.99. The highest BCUT2D eigenvalue weighted by atomic mass is 32.2. The number of carbonyl (C=O) groups is 1. The van der Waals surface area contributed by atoms with Gasteiger partial charge in [0.05, 0.1) is 5.75 Å². The third-order valence-electron chi connectivity index (χ3n) is 4.69. The maximum Gasteiger partial charge on any atom is 0.233 e. The van der Waals surface area contributed by atoms with Crippen molar-refractivity contribution in [2.45, 2.75) is 57.3 Å². The van der Waals surface area contributed by atoms with Crippen molar-refractivity contribution in [3.05, 3.63) is 42.2 Å². The van der Waals surface area contributed by atoms with Gasteiger partial charge in [0.2, 0.25) is 5.91 Å². The molecule has 2 aromatic rings. The van der Waals surface area contributed by atoms with Crippen LogP contribution in [0.25, 0.3) is 5.69 Å². The van der Waals surface area contributed by atoms with Crippen LogP contribution in [0.2, 0.25) is 0 Å². The van der Waals surface area contributed by atoms with E-state index in [1.165, 1.54) is 23.7 Å². The fraction of sp³-hybridized carbons (Fsp3) is 0.474. The zero-order valence-corrected chi connectivity index (χ0v) is 15.4. The Kier molecular flexibility index (Phi) is 5.29. The Hall–Kier alpha value is -1.75. The number of nitrogens with zero attached hydrogens (tertiary/aromatic N) is 3. The van der Waals surface area contributed by atoms with Crippen LogP contribution in [0, 0.1) is 6.92 Å². The number of aromatic nitrogens is 2. The second-order valence-electron chi connectivity index (χ2n) is 6.64. The number of aryl methyl sites for hydroxylation is 1. The van der Waals surface area contributed by atoms with Crippen LogP contribution in [0.5, 0.6) is 0 Å². The summed E-state index contributed by atoms with van der Waals surface area (Å²) in [6.45, 7) is 6.40. The van der Waals surface area contributed by atoms with Crippen molar-refractivity contribution in [3.8, 4) is 5.69 Å². The van der Waals surface area contributed by atoms with Crippen molar-refractivity contribution in [3.63, 3.8) is 0 Å². The Morgan fingerprint density at radius 2 is 2.04 bits per heavy atom. The minimum atomic E-state index is 0.221. The summed E-state index contributed by atoms with van der Waals surface area (Å²) >= 11 is 1.52. The predicted molar refractivity (Wildman–Crippen MR) is 98.6 cm³/mol. The molecule has 0 aliphatic carbocycles. The van der Waals surface area contributed by atoms with Crippen LogP contribution in [0.1, 0.15) is 38.7 Å². The quantitative estimate of drug-likeness (QED) is 0.786. The van der Waals surface area contributed by atoms with Crippen LogP contribution in [-0.2, 0) is 4.79 Å². The maximum atomic E-state index is 12.7. The first-order chi connectivity index (χ1) is 11.6. The van der Waals surface area contributed by atoms with E-state index in [0.29, 0.717) is 17.8 Å². The monoisotopic (exact) mass is 343 g/mol. The van der Waals surface area contributed by atoms with Gasteiger partial charge in [-0.05, 0) is 57.7 Å². The number of amides is 1. The average molecular weight is 343 g/mol. The summed E-state index contributed by atoms with van der Waals surface area (Å²) in [5.74, 6) is 0.663. The number of rotatable bonds is 4. The van der Waals surface area contributed by atoms with E-state index in [9.17, 15) is 4.79 Å². The molecule has 1 aliphatic heterocycles. The standard InChI is InChI=1S/C19H25N3OS/c1-14-6-4-9-17(12-14)21-11-10-20-19(21)24-13-18(23)22-15(2)7-5-8-16(22)3/h4,6,9-12,15-16H,5,7-8,13H2,1-3H3. The highest BCUT2D eigenvalue weighted by Crippen LogP contribution is 2.26. The van der Waals surface area contributed by atoms with Gasteiger partial charge in [0.25, 0.3) is 0 Å². The largest absolute Gasteiger partial charge is 0.337 e. The van der Waals surface area contributed by atoms with Crippen molar-refractivity contribution in [2.75, 3.05) is 5.75 Å². The Balaban J connectivity index is 1.69. The minimum Gasteiger partial charge on any atom is -0.337 e. The van der Waals surface area contributed by atoms with E-state index in [-0.39, 0.29) is 5.91 Å². The van der Waals surface area contributed by atoms with Gasteiger partial charge in [-0.15, -0.1) is 0 Å². The lowest BCUT2D eigenvalue weighted by Gasteiger charge is -2.39. The molecule has 0 N–H and O–H groups in total. The first-order valence-electron chi connectivity index (χ1n) is 8.60. The molecule has 1 fully saturated rings. The van der Waals surface area contributed by atoms with Gasteiger partial charge in [-0.1, -0.05) is 23.9 Å². The molecule has 1 saturated heterocycles.